The molecular weight excluding hydrogens is 371 g/mol. The van der Waals surface area contributed by atoms with Crippen LogP contribution < -0.4 is 5.32 Å². The number of nitrogens with zero attached hydrogens (tertiary/aromatic N) is 1. The first-order chi connectivity index (χ1) is 13.9. The third kappa shape index (κ3) is 2.68. The first-order valence-corrected chi connectivity index (χ1v) is 10.6. The predicted molar refractivity (Wildman–Crippen MR) is 105 cm³/mol. The third-order valence-corrected chi connectivity index (χ3v) is 7.27. The molecule has 3 fully saturated rings. The van der Waals surface area contributed by atoms with Crippen molar-refractivity contribution in [3.8, 4) is 0 Å². The SMILES string of the molecule is CC(C)N1C[C@@]23C=C[C@@H](O2)[C@H](C(=O)NC2(c4ccc(F)cc4)CCCC2)[C@@H]3C1=O. The maximum Gasteiger partial charge on any atom is 0.230 e. The van der Waals surface area contributed by atoms with Gasteiger partial charge in [0.2, 0.25) is 11.8 Å². The van der Waals surface area contributed by atoms with E-state index in [0.717, 1.165) is 31.2 Å². The monoisotopic (exact) mass is 398 g/mol. The van der Waals surface area contributed by atoms with E-state index >= 15 is 0 Å². The fourth-order valence-electron chi connectivity index (χ4n) is 5.82. The molecule has 29 heavy (non-hydrogen) atoms. The zero-order valence-electron chi connectivity index (χ0n) is 16.9. The molecule has 5 rings (SSSR count). The molecular formula is C23H27FN2O3. The maximum atomic E-state index is 13.5. The van der Waals surface area contributed by atoms with Crippen LogP contribution in [0.2, 0.25) is 0 Å². The summed E-state index contributed by atoms with van der Waals surface area (Å²) in [6.45, 7) is 4.49. The number of benzene rings is 1. The molecule has 3 heterocycles. The van der Waals surface area contributed by atoms with E-state index in [1.165, 1.54) is 12.1 Å². The highest BCUT2D eigenvalue weighted by Gasteiger charge is 2.67. The molecule has 6 heteroatoms. The van der Waals surface area contributed by atoms with Gasteiger partial charge in [0, 0.05) is 6.04 Å². The first kappa shape index (κ1) is 18.8. The van der Waals surface area contributed by atoms with Gasteiger partial charge in [-0.1, -0.05) is 37.1 Å². The maximum absolute atomic E-state index is 13.5. The second-order valence-electron chi connectivity index (χ2n) is 9.25. The molecule has 5 nitrogen and oxygen atoms in total. The van der Waals surface area contributed by atoms with Crippen molar-refractivity contribution >= 4 is 11.8 Å². The third-order valence-electron chi connectivity index (χ3n) is 7.27. The summed E-state index contributed by atoms with van der Waals surface area (Å²) in [5.41, 5.74) is -0.240. The standard InChI is InChI=1S/C23H27FN2O3/c1-14(2)26-13-23-12-9-17(29-23)18(19(23)21(26)28)20(27)25-22(10-3-4-11-22)15-5-7-16(24)8-6-15/h5-9,12,14,17-19H,3-4,10-11,13H2,1-2H3,(H,25,27)/t17-,18+,19-,23-/m1/s1. The molecule has 2 saturated heterocycles. The van der Waals surface area contributed by atoms with Crippen LogP contribution >= 0.6 is 0 Å². The van der Waals surface area contributed by atoms with Crippen LogP contribution in [0.25, 0.3) is 0 Å². The van der Waals surface area contributed by atoms with Gasteiger partial charge in [0.05, 0.1) is 30.0 Å². The summed E-state index contributed by atoms with van der Waals surface area (Å²) in [7, 11) is 0. The lowest BCUT2D eigenvalue weighted by molar-refractivity contribution is -0.139. The second kappa shape index (κ2) is 6.39. The smallest absolute Gasteiger partial charge is 0.230 e. The topological polar surface area (TPSA) is 58.6 Å². The minimum absolute atomic E-state index is 0.00857. The van der Waals surface area contributed by atoms with Crippen molar-refractivity contribution in [2.24, 2.45) is 11.8 Å². The van der Waals surface area contributed by atoms with Gasteiger partial charge in [0.1, 0.15) is 11.4 Å². The number of fused-ring (bicyclic) bond motifs is 1. The highest BCUT2D eigenvalue weighted by molar-refractivity contribution is 5.93. The van der Waals surface area contributed by atoms with E-state index in [2.05, 4.69) is 5.32 Å². The molecule has 0 unspecified atom stereocenters. The Balaban J connectivity index is 1.44. The number of hydrogen-bond donors (Lipinski definition) is 1. The molecule has 2 amide bonds. The number of ether oxygens (including phenoxy) is 1. The lowest BCUT2D eigenvalue weighted by Crippen LogP contribution is -2.51. The molecule has 154 valence electrons. The molecule has 1 aliphatic carbocycles. The number of carbonyl (C=O) groups excluding carboxylic acids is 2. The number of rotatable bonds is 4. The molecule has 2 bridgehead atoms. The van der Waals surface area contributed by atoms with Crippen LogP contribution in [0, 0.1) is 17.7 Å². The molecule has 1 spiro atoms. The normalized spacial score (nSPS) is 34.3. The lowest BCUT2D eigenvalue weighted by atomic mass is 9.76. The molecule has 1 N–H and O–H groups in total. The number of carbonyl (C=O) groups is 2. The molecule has 0 aromatic heterocycles. The molecule has 3 aliphatic heterocycles. The van der Waals surface area contributed by atoms with Crippen LogP contribution in [-0.2, 0) is 19.9 Å². The van der Waals surface area contributed by atoms with Crippen molar-refractivity contribution in [1.82, 2.24) is 10.2 Å². The Morgan fingerprint density at radius 3 is 2.59 bits per heavy atom. The van der Waals surface area contributed by atoms with E-state index in [1.54, 1.807) is 12.1 Å². The van der Waals surface area contributed by atoms with E-state index in [-0.39, 0.29) is 29.8 Å². The number of halogens is 1. The lowest BCUT2D eigenvalue weighted by Gasteiger charge is -2.34. The van der Waals surface area contributed by atoms with Crippen molar-refractivity contribution in [2.75, 3.05) is 6.54 Å². The van der Waals surface area contributed by atoms with Gasteiger partial charge in [-0.05, 0) is 44.4 Å². The molecule has 0 radical (unpaired) electrons. The summed E-state index contributed by atoms with van der Waals surface area (Å²) in [5.74, 6) is -1.39. The average Bonchev–Trinajstić information content (AvgIpc) is 3.44. The summed E-state index contributed by atoms with van der Waals surface area (Å²) in [6.07, 6.45) is 7.23. The highest BCUT2D eigenvalue weighted by Crippen LogP contribution is 2.52. The fourth-order valence-corrected chi connectivity index (χ4v) is 5.82. The van der Waals surface area contributed by atoms with Crippen LogP contribution in [0.1, 0.15) is 45.1 Å². The zero-order valence-corrected chi connectivity index (χ0v) is 16.9. The average molecular weight is 398 g/mol. The first-order valence-electron chi connectivity index (χ1n) is 10.6. The van der Waals surface area contributed by atoms with Crippen LogP contribution in [0.15, 0.2) is 36.4 Å². The Labute approximate surface area is 170 Å². The van der Waals surface area contributed by atoms with Gasteiger partial charge in [-0.2, -0.15) is 0 Å². The van der Waals surface area contributed by atoms with E-state index in [0.29, 0.717) is 6.54 Å². The molecule has 4 aliphatic rings. The Morgan fingerprint density at radius 2 is 1.93 bits per heavy atom. The highest BCUT2D eigenvalue weighted by atomic mass is 19.1. The molecule has 1 aromatic carbocycles. The Hall–Kier alpha value is -2.21. The van der Waals surface area contributed by atoms with Crippen molar-refractivity contribution in [3.63, 3.8) is 0 Å². The number of likely N-dealkylation sites (tertiary alicyclic amines) is 1. The summed E-state index contributed by atoms with van der Waals surface area (Å²) >= 11 is 0. The predicted octanol–water partition coefficient (Wildman–Crippen LogP) is 2.90. The minimum atomic E-state index is -0.674. The van der Waals surface area contributed by atoms with Gasteiger partial charge in [-0.3, -0.25) is 9.59 Å². The largest absolute Gasteiger partial charge is 0.360 e. The van der Waals surface area contributed by atoms with Gasteiger partial charge in [0.25, 0.3) is 0 Å². The summed E-state index contributed by atoms with van der Waals surface area (Å²) in [6, 6.07) is 6.49. The zero-order chi connectivity index (χ0) is 20.4. The van der Waals surface area contributed by atoms with Gasteiger partial charge in [-0.15, -0.1) is 0 Å². The molecule has 1 aromatic rings. The second-order valence-corrected chi connectivity index (χ2v) is 9.25. The van der Waals surface area contributed by atoms with Crippen molar-refractivity contribution in [2.45, 2.75) is 62.8 Å². The van der Waals surface area contributed by atoms with Gasteiger partial charge in [0.15, 0.2) is 0 Å². The van der Waals surface area contributed by atoms with Gasteiger partial charge in [-0.25, -0.2) is 4.39 Å². The van der Waals surface area contributed by atoms with E-state index in [4.69, 9.17) is 4.74 Å². The van der Waals surface area contributed by atoms with E-state index < -0.39 is 23.0 Å². The number of hydrogen-bond acceptors (Lipinski definition) is 3. The number of amides is 2. The van der Waals surface area contributed by atoms with E-state index in [9.17, 15) is 14.0 Å². The Kier molecular flexibility index (Phi) is 4.14. The summed E-state index contributed by atoms with van der Waals surface area (Å²) < 4.78 is 19.6. The van der Waals surface area contributed by atoms with Crippen LogP contribution in [0.5, 0.6) is 0 Å². The van der Waals surface area contributed by atoms with Crippen LogP contribution in [0.3, 0.4) is 0 Å². The molecule has 4 atom stereocenters. The van der Waals surface area contributed by atoms with Crippen molar-refractivity contribution in [1.29, 1.82) is 0 Å². The Bertz CT molecular complexity index is 875. The van der Waals surface area contributed by atoms with Crippen LogP contribution in [-0.4, -0.2) is 41.0 Å². The fraction of sp³-hybridized carbons (Fsp3) is 0.565. The number of nitrogens with one attached hydrogen (secondary N) is 1. The minimum Gasteiger partial charge on any atom is -0.360 e. The quantitative estimate of drug-likeness (QED) is 0.794. The van der Waals surface area contributed by atoms with Crippen molar-refractivity contribution < 1.29 is 18.7 Å². The van der Waals surface area contributed by atoms with Crippen molar-refractivity contribution in [3.05, 3.63) is 47.8 Å². The summed E-state index contributed by atoms with van der Waals surface area (Å²) in [5, 5.41) is 3.28. The summed E-state index contributed by atoms with van der Waals surface area (Å²) in [4.78, 5) is 28.5. The van der Waals surface area contributed by atoms with E-state index in [1.807, 2.05) is 30.9 Å². The Morgan fingerprint density at radius 1 is 1.24 bits per heavy atom. The van der Waals surface area contributed by atoms with Gasteiger partial charge < -0.3 is 15.0 Å². The molecule has 1 saturated carbocycles. The van der Waals surface area contributed by atoms with Crippen LogP contribution in [0.4, 0.5) is 4.39 Å². The van der Waals surface area contributed by atoms with Gasteiger partial charge >= 0.3 is 0 Å².